The number of hydrogen-bond acceptors (Lipinski definition) is 5. The van der Waals surface area contributed by atoms with E-state index in [9.17, 15) is 18.0 Å². The standard InChI is InChI=1S/C18H28N4O5S/c1-18(2,3)20-17(24)19-16(23)13-21-9-11-22(12-10-21)28(25,26)15-7-5-14(27-4)6-8-15/h5-8H,9-13H2,1-4H3,(H2,19,20,23,24)/p+1. The highest BCUT2D eigenvalue weighted by molar-refractivity contribution is 7.89. The third-order valence-corrected chi connectivity index (χ3v) is 6.19. The zero-order valence-corrected chi connectivity index (χ0v) is 17.6. The number of imide groups is 1. The van der Waals surface area contributed by atoms with E-state index in [0.29, 0.717) is 31.9 Å². The van der Waals surface area contributed by atoms with Crippen LogP contribution in [0.1, 0.15) is 20.8 Å². The fourth-order valence-electron chi connectivity index (χ4n) is 2.89. The molecular weight excluding hydrogens is 384 g/mol. The SMILES string of the molecule is COc1ccc(S(=O)(=O)N2CC[NH+](CC(=O)NC(=O)NC(C)(C)C)CC2)cc1. The molecule has 0 spiro atoms. The zero-order chi connectivity index (χ0) is 20.9. The van der Waals surface area contributed by atoms with Crippen molar-refractivity contribution in [3.8, 4) is 5.75 Å². The number of hydrogen-bond donors (Lipinski definition) is 3. The van der Waals surface area contributed by atoms with Crippen LogP contribution in [0.5, 0.6) is 5.75 Å². The number of methoxy groups -OCH3 is 1. The molecule has 3 N–H and O–H groups in total. The second-order valence-electron chi connectivity index (χ2n) is 7.76. The Bertz CT molecular complexity index is 794. The number of sulfonamides is 1. The Kier molecular flexibility index (Phi) is 7.02. The maximum atomic E-state index is 12.7. The number of benzene rings is 1. The summed E-state index contributed by atoms with van der Waals surface area (Å²) in [5.74, 6) is 0.206. The zero-order valence-electron chi connectivity index (χ0n) is 16.7. The summed E-state index contributed by atoms with van der Waals surface area (Å²) >= 11 is 0. The van der Waals surface area contributed by atoms with Crippen LogP contribution in [0, 0.1) is 0 Å². The van der Waals surface area contributed by atoms with E-state index in [0.717, 1.165) is 4.90 Å². The van der Waals surface area contributed by atoms with Crippen LogP contribution in [0.4, 0.5) is 4.79 Å². The van der Waals surface area contributed by atoms with Gasteiger partial charge in [0.2, 0.25) is 10.0 Å². The van der Waals surface area contributed by atoms with E-state index in [2.05, 4.69) is 10.6 Å². The Morgan fingerprint density at radius 1 is 1.14 bits per heavy atom. The molecule has 1 aromatic carbocycles. The van der Waals surface area contributed by atoms with E-state index < -0.39 is 21.6 Å². The fraction of sp³-hybridized carbons (Fsp3) is 0.556. The van der Waals surface area contributed by atoms with E-state index in [1.54, 1.807) is 12.1 Å². The van der Waals surface area contributed by atoms with Crippen LogP contribution in [-0.2, 0) is 14.8 Å². The quantitative estimate of drug-likeness (QED) is 0.586. The lowest BCUT2D eigenvalue weighted by molar-refractivity contribution is -0.895. The summed E-state index contributed by atoms with van der Waals surface area (Å²) in [7, 11) is -2.06. The molecular formula is C18H29N4O5S+. The van der Waals surface area contributed by atoms with Crippen molar-refractivity contribution in [3.05, 3.63) is 24.3 Å². The van der Waals surface area contributed by atoms with Crippen molar-refractivity contribution >= 4 is 22.0 Å². The molecule has 9 nitrogen and oxygen atoms in total. The second-order valence-corrected chi connectivity index (χ2v) is 9.70. The van der Waals surface area contributed by atoms with Crippen molar-refractivity contribution in [3.63, 3.8) is 0 Å². The highest BCUT2D eigenvalue weighted by atomic mass is 32.2. The number of nitrogens with one attached hydrogen (secondary N) is 3. The number of rotatable bonds is 5. The van der Waals surface area contributed by atoms with Gasteiger partial charge < -0.3 is 15.0 Å². The maximum absolute atomic E-state index is 12.7. The first-order chi connectivity index (χ1) is 13.0. The second kappa shape index (κ2) is 8.89. The number of ether oxygens (including phenoxy) is 1. The number of quaternary nitrogens is 1. The molecule has 1 fully saturated rings. The van der Waals surface area contributed by atoms with Gasteiger partial charge >= 0.3 is 6.03 Å². The summed E-state index contributed by atoms with van der Waals surface area (Å²) in [6.45, 7) is 7.19. The van der Waals surface area contributed by atoms with E-state index in [1.807, 2.05) is 20.8 Å². The van der Waals surface area contributed by atoms with Crippen LogP contribution in [0.3, 0.4) is 0 Å². The molecule has 0 aromatic heterocycles. The molecule has 28 heavy (non-hydrogen) atoms. The Morgan fingerprint density at radius 2 is 1.71 bits per heavy atom. The highest BCUT2D eigenvalue weighted by Gasteiger charge is 2.31. The average Bonchev–Trinajstić information content (AvgIpc) is 2.60. The summed E-state index contributed by atoms with van der Waals surface area (Å²) in [6, 6.07) is 5.74. The molecule has 0 aliphatic carbocycles. The van der Waals surface area contributed by atoms with Crippen molar-refractivity contribution in [2.45, 2.75) is 31.2 Å². The summed E-state index contributed by atoms with van der Waals surface area (Å²) in [6.07, 6.45) is 0. The van der Waals surface area contributed by atoms with Gasteiger partial charge in [0.25, 0.3) is 5.91 Å². The highest BCUT2D eigenvalue weighted by Crippen LogP contribution is 2.19. The average molecular weight is 414 g/mol. The van der Waals surface area contributed by atoms with Gasteiger partial charge in [-0.05, 0) is 45.0 Å². The monoisotopic (exact) mass is 413 g/mol. The van der Waals surface area contributed by atoms with Gasteiger partial charge in [0.05, 0.1) is 38.2 Å². The first-order valence-corrected chi connectivity index (χ1v) is 10.5. The molecule has 2 rings (SSSR count). The minimum atomic E-state index is -3.58. The first kappa shape index (κ1) is 22.1. The molecule has 0 atom stereocenters. The fourth-order valence-corrected chi connectivity index (χ4v) is 4.33. The summed E-state index contributed by atoms with van der Waals surface area (Å²) in [4.78, 5) is 24.9. The molecule has 0 unspecified atom stereocenters. The van der Waals surface area contributed by atoms with Crippen LogP contribution in [0.15, 0.2) is 29.2 Å². The van der Waals surface area contributed by atoms with Crippen LogP contribution >= 0.6 is 0 Å². The Morgan fingerprint density at radius 3 is 2.21 bits per heavy atom. The number of carbonyl (C=O) groups excluding carboxylic acids is 2. The molecule has 1 aliphatic heterocycles. The van der Waals surface area contributed by atoms with Gasteiger partial charge in [0.15, 0.2) is 6.54 Å². The van der Waals surface area contributed by atoms with Crippen molar-refractivity contribution in [1.29, 1.82) is 0 Å². The number of carbonyl (C=O) groups is 2. The van der Waals surface area contributed by atoms with Crippen LogP contribution < -0.4 is 20.3 Å². The predicted molar refractivity (Wildman–Crippen MR) is 104 cm³/mol. The van der Waals surface area contributed by atoms with Gasteiger partial charge in [0.1, 0.15) is 5.75 Å². The van der Waals surface area contributed by atoms with E-state index in [1.165, 1.54) is 23.5 Å². The Balaban J connectivity index is 1.86. The number of piperazine rings is 1. The largest absolute Gasteiger partial charge is 0.497 e. The van der Waals surface area contributed by atoms with Crippen molar-refractivity contribution in [2.24, 2.45) is 0 Å². The molecule has 1 aromatic rings. The van der Waals surface area contributed by atoms with E-state index in [-0.39, 0.29) is 17.3 Å². The number of amides is 3. The van der Waals surface area contributed by atoms with Crippen molar-refractivity contribution in [1.82, 2.24) is 14.9 Å². The lowest BCUT2D eigenvalue weighted by Gasteiger charge is -2.31. The normalized spacial score (nSPS) is 16.4. The molecule has 0 radical (unpaired) electrons. The number of urea groups is 1. The Hall–Kier alpha value is -2.17. The molecule has 0 bridgehead atoms. The minimum Gasteiger partial charge on any atom is -0.497 e. The molecule has 1 aliphatic rings. The van der Waals surface area contributed by atoms with Gasteiger partial charge in [-0.2, -0.15) is 4.31 Å². The Labute approximate surface area is 166 Å². The van der Waals surface area contributed by atoms with E-state index >= 15 is 0 Å². The van der Waals surface area contributed by atoms with Crippen molar-refractivity contribution in [2.75, 3.05) is 39.8 Å². The van der Waals surface area contributed by atoms with Crippen LogP contribution in [0.2, 0.25) is 0 Å². The summed E-state index contributed by atoms with van der Waals surface area (Å²) in [5.41, 5.74) is -0.432. The first-order valence-electron chi connectivity index (χ1n) is 9.11. The minimum absolute atomic E-state index is 0.119. The van der Waals surface area contributed by atoms with Crippen molar-refractivity contribution < 1.29 is 27.6 Å². The van der Waals surface area contributed by atoms with Gasteiger partial charge in [-0.1, -0.05) is 0 Å². The lowest BCUT2D eigenvalue weighted by atomic mass is 10.1. The van der Waals surface area contributed by atoms with Gasteiger partial charge in [0, 0.05) is 5.54 Å². The molecule has 156 valence electrons. The predicted octanol–water partition coefficient (Wildman–Crippen LogP) is -0.791. The van der Waals surface area contributed by atoms with Gasteiger partial charge in [-0.25, -0.2) is 13.2 Å². The topological polar surface area (TPSA) is 109 Å². The van der Waals surface area contributed by atoms with Gasteiger partial charge in [-0.3, -0.25) is 10.1 Å². The van der Waals surface area contributed by atoms with Gasteiger partial charge in [-0.15, -0.1) is 0 Å². The van der Waals surface area contributed by atoms with Crippen LogP contribution in [-0.4, -0.2) is 70.0 Å². The van der Waals surface area contributed by atoms with Crippen LogP contribution in [0.25, 0.3) is 0 Å². The maximum Gasteiger partial charge on any atom is 0.322 e. The molecule has 1 heterocycles. The van der Waals surface area contributed by atoms with E-state index in [4.69, 9.17) is 4.74 Å². The number of nitrogens with zero attached hydrogens (tertiary/aromatic N) is 1. The molecule has 10 heteroatoms. The lowest BCUT2D eigenvalue weighted by Crippen LogP contribution is -3.15. The summed E-state index contributed by atoms with van der Waals surface area (Å²) < 4.78 is 31.9. The third-order valence-electron chi connectivity index (χ3n) is 4.28. The molecule has 0 saturated carbocycles. The molecule has 3 amide bonds. The third kappa shape index (κ3) is 6.18. The molecule has 1 saturated heterocycles. The smallest absolute Gasteiger partial charge is 0.322 e. The summed E-state index contributed by atoms with van der Waals surface area (Å²) in [5, 5.41) is 4.97.